The highest BCUT2D eigenvalue weighted by atomic mass is 19.1. The Morgan fingerprint density at radius 1 is 1.06 bits per heavy atom. The minimum atomic E-state index is -0.940. The molecule has 1 aliphatic carbocycles. The molecule has 2 aromatic heterocycles. The van der Waals surface area contributed by atoms with E-state index in [1.807, 2.05) is 0 Å². The van der Waals surface area contributed by atoms with Crippen LogP contribution in [-0.4, -0.2) is 33.2 Å². The number of rotatable bonds is 6. The lowest BCUT2D eigenvalue weighted by atomic mass is 9.93. The second-order valence-electron chi connectivity index (χ2n) is 7.59. The second kappa shape index (κ2) is 9.63. The van der Waals surface area contributed by atoms with Gasteiger partial charge in [-0.3, -0.25) is 0 Å². The number of nitrogens with one attached hydrogen (secondary N) is 1. The van der Waals surface area contributed by atoms with Crippen molar-refractivity contribution in [1.29, 1.82) is 0 Å². The number of hydrogen-bond acceptors (Lipinski definition) is 8. The highest BCUT2D eigenvalue weighted by molar-refractivity contribution is 5.66. The van der Waals surface area contributed by atoms with E-state index in [1.165, 1.54) is 6.20 Å². The van der Waals surface area contributed by atoms with Gasteiger partial charge in [0.05, 0.1) is 11.3 Å². The Labute approximate surface area is 188 Å². The summed E-state index contributed by atoms with van der Waals surface area (Å²) in [6.45, 7) is 0. The minimum absolute atomic E-state index is 0.0196. The SMILES string of the molecule is NC(=O)O[C@H]1CC[C@H](Nc2nccc(-c3cccnc3Oc3c(F)cc(N)cc3F)n2)CC1. The number of halogens is 2. The third-order valence-electron chi connectivity index (χ3n) is 5.21. The van der Waals surface area contributed by atoms with Crippen LogP contribution in [0.5, 0.6) is 11.6 Å². The minimum Gasteiger partial charge on any atom is -0.446 e. The molecule has 5 N–H and O–H groups in total. The van der Waals surface area contributed by atoms with Gasteiger partial charge in [0.2, 0.25) is 17.6 Å². The summed E-state index contributed by atoms with van der Waals surface area (Å²) in [6, 6.07) is 7.01. The number of aromatic nitrogens is 3. The highest BCUT2D eigenvalue weighted by Gasteiger charge is 2.24. The van der Waals surface area contributed by atoms with Crippen LogP contribution in [-0.2, 0) is 4.74 Å². The van der Waals surface area contributed by atoms with Gasteiger partial charge in [0.1, 0.15) is 6.10 Å². The number of anilines is 2. The number of amides is 1. The number of nitrogen functional groups attached to an aromatic ring is 1. The van der Waals surface area contributed by atoms with Gasteiger partial charge in [-0.15, -0.1) is 0 Å². The maximum Gasteiger partial charge on any atom is 0.404 e. The molecular weight excluding hydrogens is 434 g/mol. The average Bonchev–Trinajstić information content (AvgIpc) is 2.78. The van der Waals surface area contributed by atoms with Crippen LogP contribution in [0, 0.1) is 11.6 Å². The van der Waals surface area contributed by atoms with Crippen LogP contribution in [0.2, 0.25) is 0 Å². The molecule has 9 nitrogen and oxygen atoms in total. The molecule has 0 radical (unpaired) electrons. The number of pyridine rings is 1. The lowest BCUT2D eigenvalue weighted by molar-refractivity contribution is 0.0805. The Kier molecular flexibility index (Phi) is 6.48. The van der Waals surface area contributed by atoms with Gasteiger partial charge in [0.25, 0.3) is 0 Å². The monoisotopic (exact) mass is 456 g/mol. The molecule has 4 rings (SSSR count). The summed E-state index contributed by atoms with van der Waals surface area (Å²) in [5, 5.41) is 3.27. The number of nitrogens with two attached hydrogens (primary N) is 2. The Morgan fingerprint density at radius 3 is 2.48 bits per heavy atom. The third kappa shape index (κ3) is 5.43. The zero-order valence-electron chi connectivity index (χ0n) is 17.5. The van der Waals surface area contributed by atoms with E-state index in [4.69, 9.17) is 20.9 Å². The van der Waals surface area contributed by atoms with E-state index < -0.39 is 23.5 Å². The lowest BCUT2D eigenvalue weighted by Gasteiger charge is -2.28. The maximum absolute atomic E-state index is 14.2. The molecule has 0 bridgehead atoms. The van der Waals surface area contributed by atoms with Crippen molar-refractivity contribution in [2.24, 2.45) is 5.73 Å². The molecule has 0 unspecified atom stereocenters. The Balaban J connectivity index is 1.51. The van der Waals surface area contributed by atoms with Crippen molar-refractivity contribution >= 4 is 17.7 Å². The standard InChI is InChI=1S/C22H22F2N6O3/c23-16-10-12(25)11-17(24)19(16)33-20-15(2-1-8-27-20)18-7-9-28-22(30-18)29-13-3-5-14(6-4-13)32-21(26)31/h1-2,7-11,13-14H,3-6,25H2,(H2,26,31)(H,28,29,30)/t13-,14-. The normalized spacial score (nSPS) is 17.9. The molecule has 0 aliphatic heterocycles. The van der Waals surface area contributed by atoms with Crippen molar-refractivity contribution in [3.05, 3.63) is 54.4 Å². The second-order valence-corrected chi connectivity index (χ2v) is 7.59. The number of hydrogen-bond donors (Lipinski definition) is 3. The molecule has 0 spiro atoms. The van der Waals surface area contributed by atoms with Crippen molar-refractivity contribution < 1.29 is 23.0 Å². The van der Waals surface area contributed by atoms with Gasteiger partial charge in [-0.1, -0.05) is 0 Å². The molecule has 1 aromatic carbocycles. The first-order valence-electron chi connectivity index (χ1n) is 10.3. The number of carbonyl (C=O) groups excluding carboxylic acids is 1. The van der Waals surface area contributed by atoms with Crippen LogP contribution in [0.1, 0.15) is 25.7 Å². The van der Waals surface area contributed by atoms with Gasteiger partial charge < -0.3 is 26.3 Å². The summed E-state index contributed by atoms with van der Waals surface area (Å²) in [6.07, 6.45) is 4.92. The first-order valence-corrected chi connectivity index (χ1v) is 10.3. The summed E-state index contributed by atoms with van der Waals surface area (Å²) in [4.78, 5) is 23.8. The quantitative estimate of drug-likeness (QED) is 0.473. The van der Waals surface area contributed by atoms with Gasteiger partial charge >= 0.3 is 6.09 Å². The van der Waals surface area contributed by atoms with Gasteiger partial charge in [0, 0.05) is 36.3 Å². The average molecular weight is 456 g/mol. The van der Waals surface area contributed by atoms with Crippen LogP contribution in [0.3, 0.4) is 0 Å². The van der Waals surface area contributed by atoms with E-state index >= 15 is 0 Å². The van der Waals surface area contributed by atoms with Crippen molar-refractivity contribution in [1.82, 2.24) is 15.0 Å². The number of ether oxygens (including phenoxy) is 2. The van der Waals surface area contributed by atoms with Gasteiger partial charge in [0.15, 0.2) is 11.6 Å². The zero-order valence-corrected chi connectivity index (χ0v) is 17.5. The van der Waals surface area contributed by atoms with Crippen LogP contribution >= 0.6 is 0 Å². The Bertz CT molecular complexity index is 1130. The largest absolute Gasteiger partial charge is 0.446 e. The Morgan fingerprint density at radius 2 is 1.79 bits per heavy atom. The van der Waals surface area contributed by atoms with Crippen LogP contribution in [0.25, 0.3) is 11.3 Å². The summed E-state index contributed by atoms with van der Waals surface area (Å²) in [5.74, 6) is -2.12. The molecule has 11 heteroatoms. The Hall–Kier alpha value is -4.02. The van der Waals surface area contributed by atoms with Crippen LogP contribution < -0.4 is 21.5 Å². The van der Waals surface area contributed by atoms with E-state index in [2.05, 4.69) is 20.3 Å². The molecule has 1 amide bonds. The van der Waals surface area contributed by atoms with Gasteiger partial charge in [-0.25, -0.2) is 28.5 Å². The predicted octanol–water partition coefficient (Wildman–Crippen LogP) is 4.01. The number of carbonyl (C=O) groups is 1. The number of nitrogens with zero attached hydrogens (tertiary/aromatic N) is 3. The molecular formula is C22H22F2N6O3. The molecule has 1 aliphatic rings. The molecule has 33 heavy (non-hydrogen) atoms. The summed E-state index contributed by atoms with van der Waals surface area (Å²) in [5.41, 5.74) is 11.4. The van der Waals surface area contributed by atoms with Crippen molar-refractivity contribution in [2.45, 2.75) is 37.8 Å². The smallest absolute Gasteiger partial charge is 0.404 e. The summed E-state index contributed by atoms with van der Waals surface area (Å²) >= 11 is 0. The third-order valence-corrected chi connectivity index (χ3v) is 5.21. The maximum atomic E-state index is 14.2. The summed E-state index contributed by atoms with van der Waals surface area (Å²) < 4.78 is 38.9. The van der Waals surface area contributed by atoms with Gasteiger partial charge in [-0.2, -0.15) is 0 Å². The van der Waals surface area contributed by atoms with Crippen molar-refractivity contribution in [3.8, 4) is 22.9 Å². The highest BCUT2D eigenvalue weighted by Crippen LogP contribution is 2.34. The van der Waals surface area contributed by atoms with E-state index in [1.54, 1.807) is 24.4 Å². The fraction of sp³-hybridized carbons (Fsp3) is 0.273. The molecule has 172 valence electrons. The molecule has 3 aromatic rings. The van der Waals surface area contributed by atoms with E-state index in [-0.39, 0.29) is 23.7 Å². The van der Waals surface area contributed by atoms with Crippen LogP contribution in [0.4, 0.5) is 25.2 Å². The zero-order chi connectivity index (χ0) is 23.4. The number of benzene rings is 1. The molecule has 0 saturated heterocycles. The number of primary amides is 1. The molecule has 2 heterocycles. The van der Waals surface area contributed by atoms with E-state index in [0.29, 0.717) is 30.0 Å². The first-order chi connectivity index (χ1) is 15.9. The topological polar surface area (TPSA) is 138 Å². The summed E-state index contributed by atoms with van der Waals surface area (Å²) in [7, 11) is 0. The van der Waals surface area contributed by atoms with Crippen molar-refractivity contribution in [3.63, 3.8) is 0 Å². The molecule has 1 saturated carbocycles. The first kappa shape index (κ1) is 22.2. The van der Waals surface area contributed by atoms with E-state index in [9.17, 15) is 13.6 Å². The lowest BCUT2D eigenvalue weighted by Crippen LogP contribution is -2.32. The fourth-order valence-electron chi connectivity index (χ4n) is 3.69. The fourth-order valence-corrected chi connectivity index (χ4v) is 3.69. The van der Waals surface area contributed by atoms with Gasteiger partial charge in [-0.05, 0) is 43.9 Å². The molecule has 1 fully saturated rings. The molecule has 0 atom stereocenters. The predicted molar refractivity (Wildman–Crippen MR) is 116 cm³/mol. The van der Waals surface area contributed by atoms with Crippen LogP contribution in [0.15, 0.2) is 42.7 Å². The van der Waals surface area contributed by atoms with E-state index in [0.717, 1.165) is 25.0 Å². The van der Waals surface area contributed by atoms with Crippen molar-refractivity contribution in [2.75, 3.05) is 11.1 Å².